The average Bonchev–Trinajstić information content (AvgIpc) is 2.10. The maximum absolute atomic E-state index is 5.80. The number of aryl methyl sites for hydroxylation is 1. The van der Waals surface area contributed by atoms with Crippen LogP contribution in [0.5, 0.6) is 0 Å². The molecule has 0 aromatic heterocycles. The van der Waals surface area contributed by atoms with Crippen molar-refractivity contribution in [3.63, 3.8) is 0 Å². The van der Waals surface area contributed by atoms with E-state index in [-0.39, 0.29) is 0 Å². The summed E-state index contributed by atoms with van der Waals surface area (Å²) < 4.78 is 0. The maximum atomic E-state index is 5.80. The minimum absolute atomic E-state index is 0.748. The first-order valence-corrected chi connectivity index (χ1v) is 4.15. The van der Waals surface area contributed by atoms with Crippen LogP contribution in [0.25, 0.3) is 6.08 Å². The van der Waals surface area contributed by atoms with Crippen LogP contribution < -0.4 is 16.8 Å². The van der Waals surface area contributed by atoms with Crippen LogP contribution in [0, 0.1) is 6.92 Å². The quantitative estimate of drug-likeness (QED) is 0.600. The molecule has 3 heteroatoms. The third kappa shape index (κ3) is 1.93. The molecule has 0 heterocycles. The van der Waals surface area contributed by atoms with Gasteiger partial charge in [-0.05, 0) is 36.9 Å². The van der Waals surface area contributed by atoms with Gasteiger partial charge in [-0.1, -0.05) is 0 Å². The highest BCUT2D eigenvalue weighted by Crippen LogP contribution is 2.23. The van der Waals surface area contributed by atoms with Gasteiger partial charge in [-0.3, -0.25) is 0 Å². The number of rotatable bonds is 2. The first kappa shape index (κ1) is 9.45. The summed E-state index contributed by atoms with van der Waals surface area (Å²) in [4.78, 5) is 0. The zero-order valence-electron chi connectivity index (χ0n) is 7.96. The van der Waals surface area contributed by atoms with Gasteiger partial charge >= 0.3 is 0 Å². The van der Waals surface area contributed by atoms with Crippen molar-refractivity contribution in [2.24, 2.45) is 5.73 Å². The lowest BCUT2D eigenvalue weighted by Gasteiger charge is -2.08. The summed E-state index contributed by atoms with van der Waals surface area (Å²) in [5.74, 6) is 0. The normalized spacial score (nSPS) is 10.6. The van der Waals surface area contributed by atoms with Crippen molar-refractivity contribution in [3.8, 4) is 0 Å². The first-order valence-electron chi connectivity index (χ1n) is 4.15. The topological polar surface area (TPSA) is 64.1 Å². The highest BCUT2D eigenvalue weighted by atomic mass is 14.8. The number of nitrogens with one attached hydrogen (secondary N) is 1. The van der Waals surface area contributed by atoms with E-state index in [2.05, 4.69) is 5.32 Å². The molecular formula is C10H15N3. The second kappa shape index (κ2) is 3.85. The van der Waals surface area contributed by atoms with Crippen LogP contribution in [-0.2, 0) is 0 Å². The Hall–Kier alpha value is -1.64. The number of nitrogen functional groups attached to an aromatic ring is 1. The van der Waals surface area contributed by atoms with Crippen molar-refractivity contribution in [1.82, 2.24) is 0 Å². The van der Waals surface area contributed by atoms with Gasteiger partial charge in [-0.15, -0.1) is 0 Å². The van der Waals surface area contributed by atoms with Crippen LogP contribution in [0.4, 0.5) is 11.4 Å². The van der Waals surface area contributed by atoms with Crippen molar-refractivity contribution in [2.75, 3.05) is 18.1 Å². The maximum Gasteiger partial charge on any atom is 0.0392 e. The molecule has 3 nitrogen and oxygen atoms in total. The lowest BCUT2D eigenvalue weighted by atomic mass is 10.1. The Balaban J connectivity index is 3.22. The van der Waals surface area contributed by atoms with Gasteiger partial charge in [0.25, 0.3) is 0 Å². The van der Waals surface area contributed by atoms with E-state index in [0.29, 0.717) is 0 Å². The van der Waals surface area contributed by atoms with Crippen LogP contribution >= 0.6 is 0 Å². The molecule has 0 aliphatic heterocycles. The molecule has 0 amide bonds. The first-order chi connectivity index (χ1) is 6.19. The molecule has 0 bridgehead atoms. The zero-order chi connectivity index (χ0) is 9.84. The monoisotopic (exact) mass is 177 g/mol. The summed E-state index contributed by atoms with van der Waals surface area (Å²) >= 11 is 0. The predicted octanol–water partition coefficient (Wildman–Crippen LogP) is 1.55. The van der Waals surface area contributed by atoms with E-state index in [1.165, 1.54) is 6.20 Å². The van der Waals surface area contributed by atoms with Crippen LogP contribution in [0.2, 0.25) is 0 Å². The van der Waals surface area contributed by atoms with E-state index in [1.807, 2.05) is 26.1 Å². The molecule has 0 fully saturated rings. The summed E-state index contributed by atoms with van der Waals surface area (Å²) in [5.41, 5.74) is 15.0. The van der Waals surface area contributed by atoms with Crippen LogP contribution in [-0.4, -0.2) is 7.05 Å². The highest BCUT2D eigenvalue weighted by Gasteiger charge is 2.00. The molecule has 0 unspecified atom stereocenters. The predicted molar refractivity (Wildman–Crippen MR) is 58.4 cm³/mol. The third-order valence-electron chi connectivity index (χ3n) is 1.98. The standard InChI is InChI=1S/C10H15N3/c1-7-5-9(12)8(3-4-11)6-10(7)13-2/h3-6,13H,11-12H2,1-2H3/b4-3-. The zero-order valence-corrected chi connectivity index (χ0v) is 7.96. The largest absolute Gasteiger partial charge is 0.405 e. The lowest BCUT2D eigenvalue weighted by Crippen LogP contribution is -1.97. The van der Waals surface area contributed by atoms with Gasteiger partial charge in [0.05, 0.1) is 0 Å². The van der Waals surface area contributed by atoms with Crippen molar-refractivity contribution in [3.05, 3.63) is 29.5 Å². The number of anilines is 2. The van der Waals surface area contributed by atoms with Crippen molar-refractivity contribution in [1.29, 1.82) is 0 Å². The Kier molecular flexibility index (Phi) is 2.80. The summed E-state index contributed by atoms with van der Waals surface area (Å²) in [6, 6.07) is 3.91. The summed E-state index contributed by atoms with van der Waals surface area (Å²) in [7, 11) is 1.88. The fourth-order valence-electron chi connectivity index (χ4n) is 1.26. The van der Waals surface area contributed by atoms with Crippen LogP contribution in [0.1, 0.15) is 11.1 Å². The van der Waals surface area contributed by atoms with E-state index in [1.54, 1.807) is 6.08 Å². The Morgan fingerprint density at radius 1 is 1.38 bits per heavy atom. The number of nitrogens with two attached hydrogens (primary N) is 2. The Morgan fingerprint density at radius 2 is 2.08 bits per heavy atom. The molecule has 1 aromatic rings. The highest BCUT2D eigenvalue weighted by molar-refractivity contribution is 5.71. The molecule has 0 radical (unpaired) electrons. The van der Waals surface area contributed by atoms with Gasteiger partial charge in [0, 0.05) is 24.0 Å². The molecule has 0 spiro atoms. The fourth-order valence-corrected chi connectivity index (χ4v) is 1.26. The van der Waals surface area contributed by atoms with Crippen LogP contribution in [0.15, 0.2) is 18.3 Å². The number of benzene rings is 1. The minimum Gasteiger partial charge on any atom is -0.405 e. The molecule has 5 N–H and O–H groups in total. The smallest absolute Gasteiger partial charge is 0.0392 e. The van der Waals surface area contributed by atoms with E-state index in [0.717, 1.165) is 22.5 Å². The van der Waals surface area contributed by atoms with Gasteiger partial charge in [-0.25, -0.2) is 0 Å². The van der Waals surface area contributed by atoms with Crippen molar-refractivity contribution >= 4 is 17.5 Å². The van der Waals surface area contributed by atoms with Gasteiger partial charge in [0.1, 0.15) is 0 Å². The summed E-state index contributed by atoms with van der Waals surface area (Å²) in [5, 5.41) is 3.09. The third-order valence-corrected chi connectivity index (χ3v) is 1.98. The molecule has 1 rings (SSSR count). The molecule has 0 saturated heterocycles. The molecule has 13 heavy (non-hydrogen) atoms. The fraction of sp³-hybridized carbons (Fsp3) is 0.200. The average molecular weight is 177 g/mol. The molecular weight excluding hydrogens is 162 g/mol. The Labute approximate surface area is 78.4 Å². The van der Waals surface area contributed by atoms with Gasteiger partial charge in [-0.2, -0.15) is 0 Å². The molecule has 1 aromatic carbocycles. The van der Waals surface area contributed by atoms with E-state index in [9.17, 15) is 0 Å². The SMILES string of the molecule is CNc1cc(/C=C\N)c(N)cc1C. The lowest BCUT2D eigenvalue weighted by molar-refractivity contribution is 1.40. The van der Waals surface area contributed by atoms with E-state index < -0.39 is 0 Å². The van der Waals surface area contributed by atoms with E-state index in [4.69, 9.17) is 11.5 Å². The number of hydrogen-bond donors (Lipinski definition) is 3. The summed E-state index contributed by atoms with van der Waals surface area (Å²) in [6.45, 7) is 2.01. The van der Waals surface area contributed by atoms with Gasteiger partial charge in [0.2, 0.25) is 0 Å². The second-order valence-electron chi connectivity index (χ2n) is 2.91. The molecule has 0 aliphatic rings. The van der Waals surface area contributed by atoms with Crippen LogP contribution in [0.3, 0.4) is 0 Å². The molecule has 0 aliphatic carbocycles. The molecule has 70 valence electrons. The second-order valence-corrected chi connectivity index (χ2v) is 2.91. The molecule has 0 atom stereocenters. The van der Waals surface area contributed by atoms with Crippen molar-refractivity contribution < 1.29 is 0 Å². The van der Waals surface area contributed by atoms with Gasteiger partial charge in [0.15, 0.2) is 0 Å². The van der Waals surface area contributed by atoms with Crippen molar-refractivity contribution in [2.45, 2.75) is 6.92 Å². The van der Waals surface area contributed by atoms with E-state index >= 15 is 0 Å². The number of hydrogen-bond acceptors (Lipinski definition) is 3. The Morgan fingerprint density at radius 3 is 2.62 bits per heavy atom. The van der Waals surface area contributed by atoms with Gasteiger partial charge < -0.3 is 16.8 Å². The molecule has 0 saturated carbocycles. The summed E-state index contributed by atoms with van der Waals surface area (Å²) in [6.07, 6.45) is 3.27. The minimum atomic E-state index is 0.748. The Bertz CT molecular complexity index is 329.